The molecule has 9 heteroatoms. The molecule has 0 atom stereocenters. The van der Waals surface area contributed by atoms with Crippen LogP contribution in [0.25, 0.3) is 28.5 Å². The fourth-order valence-electron chi connectivity index (χ4n) is 3.10. The first-order valence-corrected chi connectivity index (χ1v) is 9.15. The fraction of sp³-hybridized carbons (Fsp3) is 0.143. The average Bonchev–Trinajstić information content (AvgIpc) is 3.20. The van der Waals surface area contributed by atoms with Gasteiger partial charge >= 0.3 is 0 Å². The summed E-state index contributed by atoms with van der Waals surface area (Å²) in [6.45, 7) is 0.821. The number of nitrogens with two attached hydrogens (primary N) is 1. The zero-order chi connectivity index (χ0) is 21.3. The van der Waals surface area contributed by atoms with Gasteiger partial charge in [-0.15, -0.1) is 10.2 Å². The number of aromatic nitrogens is 5. The topological polar surface area (TPSA) is 85.8 Å². The second-order valence-electron chi connectivity index (χ2n) is 7.02. The maximum Gasteiger partial charge on any atom is 0.190 e. The average molecular weight is 407 g/mol. The van der Waals surface area contributed by atoms with Gasteiger partial charge in [0.05, 0.1) is 17.6 Å². The molecule has 0 saturated carbocycles. The molecule has 2 aromatic carbocycles. The van der Waals surface area contributed by atoms with Crippen LogP contribution in [0.2, 0.25) is 0 Å². The van der Waals surface area contributed by atoms with E-state index in [1.165, 1.54) is 23.0 Å². The molecule has 0 saturated heterocycles. The SMILES string of the molecule is CN(C)Cc1ccc(-c2cnc(N)c(-c3nncn3-c3cccc(F)c3F)n2)cc1. The lowest BCUT2D eigenvalue weighted by atomic mass is 10.1. The van der Waals surface area contributed by atoms with Crippen molar-refractivity contribution >= 4 is 5.82 Å². The predicted octanol–water partition coefficient (Wildman–Crippen LogP) is 3.31. The zero-order valence-corrected chi connectivity index (χ0v) is 16.4. The summed E-state index contributed by atoms with van der Waals surface area (Å²) in [5.41, 5.74) is 8.78. The molecule has 4 rings (SSSR count). The van der Waals surface area contributed by atoms with E-state index in [1.54, 1.807) is 6.20 Å². The van der Waals surface area contributed by atoms with Gasteiger partial charge in [0.2, 0.25) is 0 Å². The molecule has 0 aliphatic carbocycles. The van der Waals surface area contributed by atoms with Crippen molar-refractivity contribution in [3.8, 4) is 28.5 Å². The summed E-state index contributed by atoms with van der Waals surface area (Å²) in [6.07, 6.45) is 2.83. The Morgan fingerprint density at radius 2 is 1.83 bits per heavy atom. The van der Waals surface area contributed by atoms with E-state index in [-0.39, 0.29) is 23.0 Å². The van der Waals surface area contributed by atoms with E-state index in [2.05, 4.69) is 25.1 Å². The Morgan fingerprint density at radius 1 is 1.07 bits per heavy atom. The minimum Gasteiger partial charge on any atom is -0.382 e. The molecule has 4 aromatic rings. The van der Waals surface area contributed by atoms with Crippen molar-refractivity contribution in [2.24, 2.45) is 0 Å². The summed E-state index contributed by atoms with van der Waals surface area (Å²) >= 11 is 0. The summed E-state index contributed by atoms with van der Waals surface area (Å²) < 4.78 is 29.3. The first kappa shape index (κ1) is 19.6. The number of hydrogen-bond donors (Lipinski definition) is 1. The summed E-state index contributed by atoms with van der Waals surface area (Å²) in [7, 11) is 4.01. The maximum absolute atomic E-state index is 14.3. The second-order valence-corrected chi connectivity index (χ2v) is 7.02. The van der Waals surface area contributed by atoms with Crippen LogP contribution in [-0.4, -0.2) is 43.7 Å². The van der Waals surface area contributed by atoms with E-state index in [1.807, 2.05) is 38.4 Å². The van der Waals surface area contributed by atoms with Crippen molar-refractivity contribution in [2.45, 2.75) is 6.54 Å². The smallest absolute Gasteiger partial charge is 0.190 e. The Hall–Kier alpha value is -3.72. The Bertz CT molecular complexity index is 1190. The van der Waals surface area contributed by atoms with E-state index in [4.69, 9.17) is 5.73 Å². The van der Waals surface area contributed by atoms with Crippen LogP contribution in [0.15, 0.2) is 55.0 Å². The Kier molecular flexibility index (Phi) is 5.20. The maximum atomic E-state index is 14.3. The normalized spacial score (nSPS) is 11.2. The summed E-state index contributed by atoms with van der Waals surface area (Å²) in [6, 6.07) is 11.8. The third-order valence-corrected chi connectivity index (χ3v) is 4.50. The van der Waals surface area contributed by atoms with Crippen LogP contribution < -0.4 is 5.73 Å². The van der Waals surface area contributed by atoms with Crippen LogP contribution in [-0.2, 0) is 6.54 Å². The van der Waals surface area contributed by atoms with Gasteiger partial charge < -0.3 is 10.6 Å². The Morgan fingerprint density at radius 3 is 2.57 bits per heavy atom. The lowest BCUT2D eigenvalue weighted by Gasteiger charge is -2.11. The molecule has 0 radical (unpaired) electrons. The van der Waals surface area contributed by atoms with Crippen molar-refractivity contribution in [1.29, 1.82) is 0 Å². The van der Waals surface area contributed by atoms with Crippen LogP contribution in [0.1, 0.15) is 5.56 Å². The van der Waals surface area contributed by atoms with E-state index in [0.717, 1.165) is 23.7 Å². The number of anilines is 1. The second kappa shape index (κ2) is 7.96. The number of rotatable bonds is 5. The highest BCUT2D eigenvalue weighted by atomic mass is 19.2. The van der Waals surface area contributed by atoms with Crippen molar-refractivity contribution in [2.75, 3.05) is 19.8 Å². The van der Waals surface area contributed by atoms with Gasteiger partial charge in [-0.25, -0.2) is 18.7 Å². The van der Waals surface area contributed by atoms with Gasteiger partial charge in [0.1, 0.15) is 6.33 Å². The van der Waals surface area contributed by atoms with E-state index in [9.17, 15) is 8.78 Å². The van der Waals surface area contributed by atoms with Gasteiger partial charge in [-0.2, -0.15) is 0 Å². The van der Waals surface area contributed by atoms with Gasteiger partial charge in [-0.1, -0.05) is 30.3 Å². The van der Waals surface area contributed by atoms with E-state index < -0.39 is 11.6 Å². The Labute approximate surface area is 171 Å². The van der Waals surface area contributed by atoms with Crippen molar-refractivity contribution in [1.82, 2.24) is 29.6 Å². The van der Waals surface area contributed by atoms with Gasteiger partial charge in [0.25, 0.3) is 0 Å². The number of halogens is 2. The predicted molar refractivity (Wildman–Crippen MR) is 110 cm³/mol. The van der Waals surface area contributed by atoms with Crippen LogP contribution in [0.5, 0.6) is 0 Å². The summed E-state index contributed by atoms with van der Waals surface area (Å²) in [4.78, 5) is 10.9. The molecular formula is C21H19F2N7. The summed E-state index contributed by atoms with van der Waals surface area (Å²) in [5, 5.41) is 7.84. The first-order chi connectivity index (χ1) is 14.4. The summed E-state index contributed by atoms with van der Waals surface area (Å²) in [5.74, 6) is -1.72. The highest BCUT2D eigenvalue weighted by Crippen LogP contribution is 2.27. The molecule has 152 valence electrons. The molecular weight excluding hydrogens is 388 g/mol. The molecule has 0 amide bonds. The van der Waals surface area contributed by atoms with Crippen LogP contribution in [0.4, 0.5) is 14.6 Å². The van der Waals surface area contributed by atoms with Crippen LogP contribution >= 0.6 is 0 Å². The van der Waals surface area contributed by atoms with Crippen LogP contribution in [0.3, 0.4) is 0 Å². The molecule has 0 fully saturated rings. The number of nitrogens with zero attached hydrogens (tertiary/aromatic N) is 6. The number of benzene rings is 2. The third-order valence-electron chi connectivity index (χ3n) is 4.50. The molecule has 30 heavy (non-hydrogen) atoms. The molecule has 2 heterocycles. The quantitative estimate of drug-likeness (QED) is 0.546. The fourth-order valence-corrected chi connectivity index (χ4v) is 3.10. The molecule has 2 N–H and O–H groups in total. The van der Waals surface area contributed by atoms with Crippen LogP contribution in [0, 0.1) is 11.6 Å². The van der Waals surface area contributed by atoms with Gasteiger partial charge in [-0.05, 0) is 31.8 Å². The molecule has 0 aliphatic rings. The third kappa shape index (κ3) is 3.74. The molecule has 2 aromatic heterocycles. The van der Waals surface area contributed by atoms with Crippen molar-refractivity contribution in [3.63, 3.8) is 0 Å². The molecule has 0 bridgehead atoms. The molecule has 0 aliphatic heterocycles. The highest BCUT2D eigenvalue weighted by molar-refractivity contribution is 5.70. The Balaban J connectivity index is 1.76. The van der Waals surface area contributed by atoms with Gasteiger partial charge in [0.15, 0.2) is 29.0 Å². The standard InChI is InChI=1S/C21H19F2N7/c1-29(2)11-13-6-8-14(9-7-13)16-10-25-20(24)19(27-16)21-28-26-12-30(21)17-5-3-4-15(22)18(17)23/h3-10,12H,11H2,1-2H3,(H2,24,25). The molecule has 0 spiro atoms. The zero-order valence-electron chi connectivity index (χ0n) is 16.4. The highest BCUT2D eigenvalue weighted by Gasteiger charge is 2.19. The lowest BCUT2D eigenvalue weighted by molar-refractivity contribution is 0.402. The lowest BCUT2D eigenvalue weighted by Crippen LogP contribution is -2.10. The molecule has 7 nitrogen and oxygen atoms in total. The number of nitrogen functional groups attached to an aromatic ring is 1. The van der Waals surface area contributed by atoms with E-state index >= 15 is 0 Å². The van der Waals surface area contributed by atoms with E-state index in [0.29, 0.717) is 5.69 Å². The first-order valence-electron chi connectivity index (χ1n) is 9.15. The number of hydrogen-bond acceptors (Lipinski definition) is 6. The van der Waals surface area contributed by atoms with Gasteiger partial charge in [-0.3, -0.25) is 4.57 Å². The minimum absolute atomic E-state index is 0.0466. The largest absolute Gasteiger partial charge is 0.382 e. The monoisotopic (exact) mass is 407 g/mol. The van der Waals surface area contributed by atoms with Crippen molar-refractivity contribution in [3.05, 3.63) is 72.2 Å². The molecule has 0 unspecified atom stereocenters. The van der Waals surface area contributed by atoms with Crippen molar-refractivity contribution < 1.29 is 8.78 Å². The minimum atomic E-state index is -1.02. The van der Waals surface area contributed by atoms with Gasteiger partial charge in [0, 0.05) is 12.1 Å².